The highest BCUT2D eigenvalue weighted by atomic mass is 16.5. The second-order valence-corrected chi connectivity index (χ2v) is 11.2. The molecule has 200 valence electrons. The third kappa shape index (κ3) is 4.93. The normalized spacial score (nSPS) is 18.4. The van der Waals surface area contributed by atoms with Crippen LogP contribution in [-0.2, 0) is 19.5 Å². The molecule has 6 nitrogen and oxygen atoms in total. The van der Waals surface area contributed by atoms with Crippen LogP contribution in [0.15, 0.2) is 47.5 Å². The summed E-state index contributed by atoms with van der Waals surface area (Å²) in [6.45, 7) is 10.3. The van der Waals surface area contributed by atoms with Crippen LogP contribution < -0.4 is 4.74 Å². The zero-order valence-corrected chi connectivity index (χ0v) is 22.9. The summed E-state index contributed by atoms with van der Waals surface area (Å²) in [6.07, 6.45) is 6.70. The van der Waals surface area contributed by atoms with Gasteiger partial charge in [0.25, 0.3) is 5.91 Å². The molecule has 2 aromatic carbocycles. The Labute approximate surface area is 226 Å². The molecule has 0 N–H and O–H groups in total. The lowest BCUT2D eigenvalue weighted by Gasteiger charge is -2.32. The summed E-state index contributed by atoms with van der Waals surface area (Å²) in [7, 11) is 0. The van der Waals surface area contributed by atoms with Gasteiger partial charge in [0.2, 0.25) is 0 Å². The lowest BCUT2D eigenvalue weighted by molar-refractivity contribution is 0.0697. The van der Waals surface area contributed by atoms with Gasteiger partial charge in [-0.15, -0.1) is 0 Å². The summed E-state index contributed by atoms with van der Waals surface area (Å²) < 4.78 is 8.14. The Hall–Kier alpha value is -3.28. The summed E-state index contributed by atoms with van der Waals surface area (Å²) in [5.41, 5.74) is 6.07. The van der Waals surface area contributed by atoms with Crippen molar-refractivity contribution < 1.29 is 9.53 Å². The first-order valence-electron chi connectivity index (χ1n) is 14.5. The molecule has 0 unspecified atom stereocenters. The fourth-order valence-electron chi connectivity index (χ4n) is 6.36. The number of amides is 1. The van der Waals surface area contributed by atoms with E-state index in [4.69, 9.17) is 9.73 Å². The van der Waals surface area contributed by atoms with Crippen molar-refractivity contribution in [2.24, 2.45) is 10.9 Å². The molecule has 0 saturated carbocycles. The van der Waals surface area contributed by atoms with Crippen LogP contribution in [0.5, 0.6) is 5.75 Å². The maximum atomic E-state index is 13.5. The summed E-state index contributed by atoms with van der Waals surface area (Å²) >= 11 is 0. The third-order valence-corrected chi connectivity index (χ3v) is 8.61. The van der Waals surface area contributed by atoms with Crippen molar-refractivity contribution in [1.82, 2.24) is 14.4 Å². The van der Waals surface area contributed by atoms with Crippen molar-refractivity contribution in [2.45, 2.75) is 65.5 Å². The van der Waals surface area contributed by atoms with Crippen molar-refractivity contribution in [3.63, 3.8) is 0 Å². The largest absolute Gasteiger partial charge is 0.494 e. The van der Waals surface area contributed by atoms with E-state index in [1.165, 1.54) is 46.4 Å². The number of hydrogen-bond acceptors (Lipinski definition) is 4. The number of fused-ring (bicyclic) bond motifs is 3. The van der Waals surface area contributed by atoms with Gasteiger partial charge in [-0.2, -0.15) is 0 Å². The van der Waals surface area contributed by atoms with E-state index >= 15 is 0 Å². The quantitative estimate of drug-likeness (QED) is 0.428. The van der Waals surface area contributed by atoms with Gasteiger partial charge in [0, 0.05) is 79.8 Å². The number of benzene rings is 2. The molecule has 4 heterocycles. The van der Waals surface area contributed by atoms with E-state index in [9.17, 15) is 4.79 Å². The van der Waals surface area contributed by atoms with Crippen LogP contribution in [0.3, 0.4) is 0 Å². The average Bonchev–Trinajstić information content (AvgIpc) is 3.26. The Balaban J connectivity index is 1.36. The van der Waals surface area contributed by atoms with E-state index in [2.05, 4.69) is 52.8 Å². The number of rotatable bonds is 5. The number of hydrogen-bond donors (Lipinski definition) is 0. The highest BCUT2D eigenvalue weighted by molar-refractivity contribution is 5.99. The van der Waals surface area contributed by atoms with Crippen LogP contribution in [0, 0.1) is 5.92 Å². The van der Waals surface area contributed by atoms with Gasteiger partial charge in [-0.25, -0.2) is 0 Å². The average molecular weight is 513 g/mol. The minimum atomic E-state index is 0.177. The molecule has 38 heavy (non-hydrogen) atoms. The minimum absolute atomic E-state index is 0.177. The van der Waals surface area contributed by atoms with Gasteiger partial charge >= 0.3 is 0 Å². The minimum Gasteiger partial charge on any atom is -0.494 e. The lowest BCUT2D eigenvalue weighted by atomic mass is 9.98. The van der Waals surface area contributed by atoms with Crippen LogP contribution in [0.1, 0.15) is 73.1 Å². The number of amidine groups is 1. The number of carbonyl (C=O) groups is 1. The summed E-state index contributed by atoms with van der Waals surface area (Å²) in [5, 5.41) is 1.23. The van der Waals surface area contributed by atoms with Crippen molar-refractivity contribution in [3.8, 4) is 5.75 Å². The molecular weight excluding hydrogens is 472 g/mol. The Morgan fingerprint density at radius 2 is 1.84 bits per heavy atom. The molecule has 1 saturated heterocycles. The number of likely N-dealkylation sites (tertiary alicyclic amines) is 1. The molecule has 1 amide bonds. The maximum absolute atomic E-state index is 13.5. The van der Waals surface area contributed by atoms with Gasteiger partial charge in [0.1, 0.15) is 5.75 Å². The highest BCUT2D eigenvalue weighted by Crippen LogP contribution is 2.34. The van der Waals surface area contributed by atoms with Gasteiger partial charge in [0.15, 0.2) is 0 Å². The molecule has 3 aliphatic rings. The topological polar surface area (TPSA) is 50.1 Å². The van der Waals surface area contributed by atoms with Crippen LogP contribution in [-0.4, -0.2) is 58.9 Å². The number of aromatic nitrogens is 1. The third-order valence-electron chi connectivity index (χ3n) is 8.61. The first-order valence-corrected chi connectivity index (χ1v) is 14.5. The van der Waals surface area contributed by atoms with E-state index in [0.29, 0.717) is 12.5 Å². The highest BCUT2D eigenvalue weighted by Gasteiger charge is 2.28. The molecule has 1 fully saturated rings. The molecule has 1 aromatic heterocycles. The van der Waals surface area contributed by atoms with Gasteiger partial charge in [-0.05, 0) is 74.4 Å². The molecular formula is C32H40N4O2. The zero-order valence-electron chi connectivity index (χ0n) is 22.9. The predicted molar refractivity (Wildman–Crippen MR) is 153 cm³/mol. The maximum Gasteiger partial charge on any atom is 0.253 e. The molecule has 6 rings (SSSR count). The lowest BCUT2D eigenvalue weighted by Crippen LogP contribution is -2.38. The molecule has 6 heteroatoms. The molecule has 0 atom stereocenters. The Morgan fingerprint density at radius 1 is 1.03 bits per heavy atom. The van der Waals surface area contributed by atoms with Gasteiger partial charge < -0.3 is 19.1 Å². The zero-order chi connectivity index (χ0) is 26.1. The Morgan fingerprint density at radius 3 is 2.58 bits per heavy atom. The molecule has 0 radical (unpaired) electrons. The SMILES string of the molecule is CCOc1ccc(Cn2c3c(c4cc(C(=O)N5CCC(C)CC5)ccc42)CN(C2=NCCCC2)CC3)cc1. The van der Waals surface area contributed by atoms with E-state index in [1.54, 1.807) is 0 Å². The number of carbonyl (C=O) groups excluding carboxylic acids is 1. The van der Waals surface area contributed by atoms with Gasteiger partial charge in [-0.1, -0.05) is 19.1 Å². The number of piperidine rings is 1. The molecule has 3 aliphatic heterocycles. The van der Waals surface area contributed by atoms with Crippen LogP contribution >= 0.6 is 0 Å². The Bertz CT molecular complexity index is 1330. The fraction of sp³-hybridized carbons (Fsp3) is 0.500. The second-order valence-electron chi connectivity index (χ2n) is 11.2. The first-order chi connectivity index (χ1) is 18.6. The molecule has 3 aromatic rings. The van der Waals surface area contributed by atoms with Crippen LogP contribution in [0.25, 0.3) is 10.9 Å². The van der Waals surface area contributed by atoms with Crippen molar-refractivity contribution in [3.05, 3.63) is 64.8 Å². The number of ether oxygens (including phenoxy) is 1. The smallest absolute Gasteiger partial charge is 0.253 e. The molecule has 0 spiro atoms. The predicted octanol–water partition coefficient (Wildman–Crippen LogP) is 5.90. The summed E-state index contributed by atoms with van der Waals surface area (Å²) in [4.78, 5) is 22.9. The second kappa shape index (κ2) is 10.8. The fourth-order valence-corrected chi connectivity index (χ4v) is 6.36. The number of aliphatic imine (C=N–C) groups is 1. The molecule has 0 bridgehead atoms. The van der Waals surface area contributed by atoms with Crippen molar-refractivity contribution in [2.75, 3.05) is 32.8 Å². The van der Waals surface area contributed by atoms with Crippen LogP contribution in [0.4, 0.5) is 0 Å². The summed E-state index contributed by atoms with van der Waals surface area (Å²) in [6, 6.07) is 14.9. The first kappa shape index (κ1) is 25.0. The monoisotopic (exact) mass is 512 g/mol. The van der Waals surface area contributed by atoms with E-state index in [-0.39, 0.29) is 5.91 Å². The van der Waals surface area contributed by atoms with Crippen LogP contribution in [0.2, 0.25) is 0 Å². The molecule has 0 aliphatic carbocycles. The standard InChI is InChI=1S/C32H40N4O2/c1-3-38-26-10-7-24(8-11-26)21-36-29-12-9-25(32(37)34-17-13-23(2)14-18-34)20-27(29)28-22-35(19-15-30(28)36)31-6-4-5-16-33-31/h7-12,20,23H,3-6,13-19,21-22H2,1-2H3. The summed E-state index contributed by atoms with van der Waals surface area (Å²) in [5.74, 6) is 3.06. The van der Waals surface area contributed by atoms with Gasteiger partial charge in [-0.3, -0.25) is 9.79 Å². The Kier molecular flexibility index (Phi) is 7.14. The van der Waals surface area contributed by atoms with E-state index < -0.39 is 0 Å². The van der Waals surface area contributed by atoms with Crippen molar-refractivity contribution >= 4 is 22.6 Å². The van der Waals surface area contributed by atoms with Crippen molar-refractivity contribution in [1.29, 1.82) is 0 Å². The van der Waals surface area contributed by atoms with E-state index in [0.717, 1.165) is 76.3 Å². The van der Waals surface area contributed by atoms with Gasteiger partial charge in [0.05, 0.1) is 12.4 Å². The van der Waals surface area contributed by atoms with E-state index in [1.807, 2.05) is 17.9 Å². The number of nitrogens with zero attached hydrogens (tertiary/aromatic N) is 4.